The third kappa shape index (κ3) is 3.58. The molecule has 0 aliphatic carbocycles. The minimum atomic E-state index is -2.43. The molecule has 5 heteroatoms. The van der Waals surface area contributed by atoms with E-state index in [4.69, 9.17) is 4.79 Å². The molecule has 0 heterocycles. The number of hydrogen-bond acceptors (Lipinski definition) is 3. The first-order valence-corrected chi connectivity index (χ1v) is 2.14. The third-order valence-corrected chi connectivity index (χ3v) is 0.433. The highest BCUT2D eigenvalue weighted by atomic mass is 32.2. The highest BCUT2D eigenvalue weighted by molar-refractivity contribution is 7.77. The molecule has 0 spiro atoms. The Morgan fingerprint density at radius 2 is 2.33 bits per heavy atom. The quantitative estimate of drug-likeness (QED) is 0.346. The normalized spacial score (nSPS) is 12.8. The lowest BCUT2D eigenvalue weighted by molar-refractivity contribution is -0.108. The standard InChI is InChI=1S/CH3NO3S/c3-1-2-6(4)5/h1H,(H,2,3)(H,4,5)/p-1. The van der Waals surface area contributed by atoms with E-state index in [-0.39, 0.29) is 6.41 Å². The number of amides is 1. The van der Waals surface area contributed by atoms with Crippen LogP contribution in [-0.2, 0) is 16.1 Å². The summed E-state index contributed by atoms with van der Waals surface area (Å²) < 4.78 is 20.0. The molecular weight excluding hydrogens is 106 g/mol. The van der Waals surface area contributed by atoms with Gasteiger partial charge < -0.3 is 4.55 Å². The summed E-state index contributed by atoms with van der Waals surface area (Å²) in [5.41, 5.74) is 0. The fraction of sp³-hybridized carbons (Fsp3) is 0. The van der Waals surface area contributed by atoms with Crippen molar-refractivity contribution in [2.75, 3.05) is 0 Å². The van der Waals surface area contributed by atoms with E-state index in [1.165, 1.54) is 4.72 Å². The minimum Gasteiger partial charge on any atom is -0.755 e. The molecule has 0 aliphatic heterocycles. The van der Waals surface area contributed by atoms with Gasteiger partial charge in [-0.05, 0) is 0 Å². The van der Waals surface area contributed by atoms with E-state index < -0.39 is 11.3 Å². The van der Waals surface area contributed by atoms with E-state index in [0.717, 1.165) is 0 Å². The van der Waals surface area contributed by atoms with Crippen LogP contribution in [0.5, 0.6) is 0 Å². The Balaban J connectivity index is 3.05. The highest BCUT2D eigenvalue weighted by Crippen LogP contribution is 1.49. The summed E-state index contributed by atoms with van der Waals surface area (Å²) in [4.78, 5) is 9.11. The van der Waals surface area contributed by atoms with Crippen LogP contribution in [-0.4, -0.2) is 15.2 Å². The predicted octanol–water partition coefficient (Wildman–Crippen LogP) is -1.47. The smallest absolute Gasteiger partial charge is 0.217 e. The zero-order chi connectivity index (χ0) is 4.99. The van der Waals surface area contributed by atoms with Crippen LogP contribution in [0.2, 0.25) is 0 Å². The van der Waals surface area contributed by atoms with Gasteiger partial charge in [-0.15, -0.1) is 0 Å². The summed E-state index contributed by atoms with van der Waals surface area (Å²) in [6, 6.07) is 0. The molecule has 0 saturated heterocycles. The molecule has 1 N–H and O–H groups in total. The lowest BCUT2D eigenvalue weighted by Crippen LogP contribution is -2.12. The van der Waals surface area contributed by atoms with Crippen LogP contribution >= 0.6 is 0 Å². The summed E-state index contributed by atoms with van der Waals surface area (Å²) in [5, 5.41) is 0. The van der Waals surface area contributed by atoms with Gasteiger partial charge in [0.05, 0.1) is 0 Å². The van der Waals surface area contributed by atoms with Gasteiger partial charge in [0.2, 0.25) is 6.41 Å². The number of nitrogens with one attached hydrogen (secondary N) is 1. The van der Waals surface area contributed by atoms with Gasteiger partial charge >= 0.3 is 0 Å². The van der Waals surface area contributed by atoms with E-state index in [1.807, 2.05) is 0 Å². The van der Waals surface area contributed by atoms with Gasteiger partial charge in [-0.25, -0.2) is 0 Å². The van der Waals surface area contributed by atoms with Crippen molar-refractivity contribution >= 4 is 17.7 Å². The number of rotatable bonds is 2. The fourth-order valence-corrected chi connectivity index (χ4v) is 0.118. The minimum absolute atomic E-state index is 0.0864. The van der Waals surface area contributed by atoms with Crippen LogP contribution in [0.3, 0.4) is 0 Å². The maximum atomic E-state index is 9.26. The fourth-order valence-electron chi connectivity index (χ4n) is 0.0393. The molecule has 0 saturated carbocycles. The maximum Gasteiger partial charge on any atom is 0.217 e. The molecule has 0 aliphatic rings. The molecule has 0 bridgehead atoms. The molecule has 0 radical (unpaired) electrons. The van der Waals surface area contributed by atoms with Gasteiger partial charge in [0.1, 0.15) is 0 Å². The van der Waals surface area contributed by atoms with E-state index in [9.17, 15) is 8.76 Å². The molecular formula is CH2NO3S-. The van der Waals surface area contributed by atoms with E-state index >= 15 is 0 Å². The summed E-state index contributed by atoms with van der Waals surface area (Å²) in [6.07, 6.45) is 0.0864. The molecule has 1 amide bonds. The van der Waals surface area contributed by atoms with E-state index in [1.54, 1.807) is 0 Å². The summed E-state index contributed by atoms with van der Waals surface area (Å²) in [6.45, 7) is 0. The molecule has 1 unspecified atom stereocenters. The molecule has 0 aromatic carbocycles. The summed E-state index contributed by atoms with van der Waals surface area (Å²) in [5.74, 6) is 0. The molecule has 36 valence electrons. The predicted molar refractivity (Wildman–Crippen MR) is 18.1 cm³/mol. The van der Waals surface area contributed by atoms with Gasteiger partial charge in [-0.2, -0.15) is 0 Å². The number of carbonyl (C=O) groups is 1. The number of carbonyl (C=O) groups excluding carboxylic acids is 1. The van der Waals surface area contributed by atoms with Crippen LogP contribution < -0.4 is 4.72 Å². The second-order valence-corrected chi connectivity index (χ2v) is 1.18. The Bertz CT molecular complexity index is 71.2. The van der Waals surface area contributed by atoms with E-state index in [2.05, 4.69) is 0 Å². The Labute approximate surface area is 37.0 Å². The summed E-state index contributed by atoms with van der Waals surface area (Å²) >= 11 is -2.43. The second kappa shape index (κ2) is 2.80. The first-order valence-electron chi connectivity index (χ1n) is 1.06. The summed E-state index contributed by atoms with van der Waals surface area (Å²) in [7, 11) is 0. The first-order chi connectivity index (χ1) is 2.77. The van der Waals surface area contributed by atoms with Crippen LogP contribution in [0.15, 0.2) is 0 Å². The van der Waals surface area contributed by atoms with Gasteiger partial charge in [-0.3, -0.25) is 13.7 Å². The van der Waals surface area contributed by atoms with Gasteiger partial charge in [0.25, 0.3) is 0 Å². The van der Waals surface area contributed by atoms with Crippen molar-refractivity contribution in [2.24, 2.45) is 0 Å². The molecule has 6 heavy (non-hydrogen) atoms. The largest absolute Gasteiger partial charge is 0.755 e. The zero-order valence-electron chi connectivity index (χ0n) is 2.71. The SMILES string of the molecule is O=CNS(=O)[O-]. The number of hydrogen-bond donors (Lipinski definition) is 1. The third-order valence-electron chi connectivity index (χ3n) is 0.144. The molecule has 0 aromatic rings. The van der Waals surface area contributed by atoms with Crippen molar-refractivity contribution < 1.29 is 13.6 Å². The van der Waals surface area contributed by atoms with Gasteiger partial charge in [0.15, 0.2) is 0 Å². The molecule has 1 atom stereocenters. The van der Waals surface area contributed by atoms with Crippen molar-refractivity contribution in [2.45, 2.75) is 0 Å². The topological polar surface area (TPSA) is 69.2 Å². The Morgan fingerprint density at radius 3 is 2.33 bits per heavy atom. The van der Waals surface area contributed by atoms with Crippen molar-refractivity contribution in [3.05, 3.63) is 0 Å². The van der Waals surface area contributed by atoms with Crippen LogP contribution in [0.25, 0.3) is 0 Å². The van der Waals surface area contributed by atoms with Crippen molar-refractivity contribution in [3.63, 3.8) is 0 Å². The Hall–Kier alpha value is -0.420. The first kappa shape index (κ1) is 5.58. The van der Waals surface area contributed by atoms with Crippen molar-refractivity contribution in [1.82, 2.24) is 4.72 Å². The van der Waals surface area contributed by atoms with Crippen LogP contribution in [0.1, 0.15) is 0 Å². The van der Waals surface area contributed by atoms with Crippen molar-refractivity contribution in [3.8, 4) is 0 Å². The monoisotopic (exact) mass is 108 g/mol. The highest BCUT2D eigenvalue weighted by Gasteiger charge is 1.65. The van der Waals surface area contributed by atoms with Gasteiger partial charge in [0, 0.05) is 11.3 Å². The molecule has 0 rings (SSSR count). The average molecular weight is 108 g/mol. The molecule has 0 aromatic heterocycles. The molecule has 0 fully saturated rings. The van der Waals surface area contributed by atoms with Crippen LogP contribution in [0, 0.1) is 0 Å². The van der Waals surface area contributed by atoms with Crippen LogP contribution in [0.4, 0.5) is 0 Å². The zero-order valence-corrected chi connectivity index (χ0v) is 3.53. The Kier molecular flexibility index (Phi) is 2.60. The second-order valence-electron chi connectivity index (χ2n) is 0.470. The van der Waals surface area contributed by atoms with E-state index in [0.29, 0.717) is 0 Å². The molecule has 4 nitrogen and oxygen atoms in total. The lowest BCUT2D eigenvalue weighted by atomic mass is 11.5. The average Bonchev–Trinajstić information content (AvgIpc) is 1.35. The lowest BCUT2D eigenvalue weighted by Gasteiger charge is -1.96. The van der Waals surface area contributed by atoms with Crippen molar-refractivity contribution in [1.29, 1.82) is 0 Å². The van der Waals surface area contributed by atoms with Gasteiger partial charge in [-0.1, -0.05) is 0 Å². The Morgan fingerprint density at radius 1 is 1.83 bits per heavy atom. The maximum absolute atomic E-state index is 9.26.